The Morgan fingerprint density at radius 1 is 1.35 bits per heavy atom. The van der Waals surface area contributed by atoms with Crippen molar-refractivity contribution < 1.29 is 0 Å². The summed E-state index contributed by atoms with van der Waals surface area (Å²) in [5.41, 5.74) is 3.78. The number of benzene rings is 1. The van der Waals surface area contributed by atoms with Gasteiger partial charge in [-0.2, -0.15) is 0 Å². The number of aromatic nitrogens is 2. The van der Waals surface area contributed by atoms with Crippen LogP contribution in [0.5, 0.6) is 0 Å². The minimum atomic E-state index is 0.600. The number of imidazole rings is 1. The largest absolute Gasteiger partial charge is 0.325 e. The molecule has 0 radical (unpaired) electrons. The second kappa shape index (κ2) is 5.77. The van der Waals surface area contributed by atoms with Gasteiger partial charge < -0.3 is 4.57 Å². The lowest BCUT2D eigenvalue weighted by atomic mass is 9.86. The van der Waals surface area contributed by atoms with E-state index in [1.165, 1.54) is 42.6 Å². The summed E-state index contributed by atoms with van der Waals surface area (Å²) in [7, 11) is 0. The lowest BCUT2D eigenvalue weighted by Crippen LogP contribution is -2.20. The van der Waals surface area contributed by atoms with Gasteiger partial charge >= 0.3 is 0 Å². The van der Waals surface area contributed by atoms with E-state index in [1.807, 2.05) is 0 Å². The molecule has 1 aromatic carbocycles. The Labute approximate surface area is 126 Å². The van der Waals surface area contributed by atoms with Gasteiger partial charge in [0.05, 0.1) is 11.0 Å². The van der Waals surface area contributed by atoms with Gasteiger partial charge in [0, 0.05) is 18.3 Å². The summed E-state index contributed by atoms with van der Waals surface area (Å²) in [5, 5.41) is 0. The molecular formula is C17H23ClN2. The minimum Gasteiger partial charge on any atom is -0.325 e. The molecule has 3 rings (SSSR count). The highest BCUT2D eigenvalue weighted by atomic mass is 35.5. The van der Waals surface area contributed by atoms with Gasteiger partial charge in [-0.15, -0.1) is 11.6 Å². The van der Waals surface area contributed by atoms with E-state index in [-0.39, 0.29) is 0 Å². The lowest BCUT2D eigenvalue weighted by molar-refractivity contribution is 0.282. The van der Waals surface area contributed by atoms with Crippen molar-refractivity contribution in [1.29, 1.82) is 0 Å². The number of nitrogens with zero attached hydrogens (tertiary/aromatic N) is 2. The first-order chi connectivity index (χ1) is 9.70. The number of para-hydroxylation sites is 1. The smallest absolute Gasteiger partial charge is 0.111 e. The molecule has 2 aromatic rings. The molecular weight excluding hydrogens is 268 g/mol. The van der Waals surface area contributed by atoms with Crippen molar-refractivity contribution in [3.8, 4) is 0 Å². The molecule has 3 heteroatoms. The molecule has 1 fully saturated rings. The molecule has 2 unspecified atom stereocenters. The maximum absolute atomic E-state index is 5.99. The summed E-state index contributed by atoms with van der Waals surface area (Å²) in [6, 6.07) is 7.02. The molecule has 1 heterocycles. The van der Waals surface area contributed by atoms with E-state index in [0.29, 0.717) is 11.9 Å². The van der Waals surface area contributed by atoms with Crippen LogP contribution in [0.1, 0.15) is 50.0 Å². The van der Waals surface area contributed by atoms with E-state index in [1.54, 1.807) is 0 Å². The van der Waals surface area contributed by atoms with Crippen molar-refractivity contribution in [1.82, 2.24) is 9.55 Å². The van der Waals surface area contributed by atoms with Gasteiger partial charge in [0.1, 0.15) is 5.82 Å². The van der Waals surface area contributed by atoms with Crippen LogP contribution >= 0.6 is 11.6 Å². The molecule has 2 atom stereocenters. The monoisotopic (exact) mass is 290 g/mol. The summed E-state index contributed by atoms with van der Waals surface area (Å²) in [4.78, 5) is 4.84. The Morgan fingerprint density at radius 3 is 2.95 bits per heavy atom. The van der Waals surface area contributed by atoms with Crippen molar-refractivity contribution in [2.24, 2.45) is 5.92 Å². The zero-order valence-electron chi connectivity index (χ0n) is 12.4. The number of aryl methyl sites for hydroxylation is 2. The summed E-state index contributed by atoms with van der Waals surface area (Å²) in [5.74, 6) is 2.63. The number of rotatable bonds is 3. The summed E-state index contributed by atoms with van der Waals surface area (Å²) >= 11 is 5.99. The molecule has 1 saturated carbocycles. The van der Waals surface area contributed by atoms with E-state index in [4.69, 9.17) is 16.6 Å². The SMILES string of the molecule is Cc1cccc2nc(CCCl)n(C3CCCC(C)C3)c12. The highest BCUT2D eigenvalue weighted by Gasteiger charge is 2.24. The van der Waals surface area contributed by atoms with E-state index < -0.39 is 0 Å². The first kappa shape index (κ1) is 13.9. The van der Waals surface area contributed by atoms with Gasteiger partial charge in [0.15, 0.2) is 0 Å². The van der Waals surface area contributed by atoms with E-state index in [0.717, 1.165) is 17.9 Å². The zero-order valence-corrected chi connectivity index (χ0v) is 13.2. The van der Waals surface area contributed by atoms with E-state index >= 15 is 0 Å². The Bertz CT molecular complexity index is 602. The maximum atomic E-state index is 5.99. The van der Waals surface area contributed by atoms with Gasteiger partial charge in [-0.1, -0.05) is 31.9 Å². The predicted molar refractivity (Wildman–Crippen MR) is 85.6 cm³/mol. The van der Waals surface area contributed by atoms with Gasteiger partial charge in [-0.05, 0) is 37.3 Å². The fraction of sp³-hybridized carbons (Fsp3) is 0.588. The number of alkyl halides is 1. The van der Waals surface area contributed by atoms with Crippen LogP contribution < -0.4 is 0 Å². The van der Waals surface area contributed by atoms with Crippen molar-refractivity contribution in [3.05, 3.63) is 29.6 Å². The number of hydrogen-bond donors (Lipinski definition) is 0. The molecule has 20 heavy (non-hydrogen) atoms. The van der Waals surface area contributed by atoms with Crippen LogP contribution in [0.25, 0.3) is 11.0 Å². The number of halogens is 1. The second-order valence-corrected chi connectivity index (χ2v) is 6.58. The molecule has 2 nitrogen and oxygen atoms in total. The highest BCUT2D eigenvalue weighted by Crippen LogP contribution is 2.36. The first-order valence-corrected chi connectivity index (χ1v) is 8.26. The van der Waals surface area contributed by atoms with Crippen molar-refractivity contribution in [2.45, 2.75) is 52.0 Å². The number of fused-ring (bicyclic) bond motifs is 1. The first-order valence-electron chi connectivity index (χ1n) is 7.73. The predicted octanol–water partition coefficient (Wildman–Crippen LogP) is 4.88. The molecule has 0 amide bonds. The molecule has 0 saturated heterocycles. The van der Waals surface area contributed by atoms with Crippen LogP contribution in [-0.2, 0) is 6.42 Å². The van der Waals surface area contributed by atoms with E-state index in [9.17, 15) is 0 Å². The van der Waals surface area contributed by atoms with E-state index in [2.05, 4.69) is 36.6 Å². The lowest BCUT2D eigenvalue weighted by Gasteiger charge is -2.30. The molecule has 0 spiro atoms. The normalized spacial score (nSPS) is 23.4. The highest BCUT2D eigenvalue weighted by molar-refractivity contribution is 6.17. The summed E-state index contributed by atoms with van der Waals surface area (Å²) < 4.78 is 2.50. The van der Waals surface area contributed by atoms with Crippen LogP contribution in [0.15, 0.2) is 18.2 Å². The van der Waals surface area contributed by atoms with Crippen molar-refractivity contribution in [3.63, 3.8) is 0 Å². The Kier molecular flexibility index (Phi) is 4.02. The quantitative estimate of drug-likeness (QED) is 0.737. The number of hydrogen-bond acceptors (Lipinski definition) is 1. The summed E-state index contributed by atoms with van der Waals surface area (Å²) in [6.07, 6.45) is 6.11. The van der Waals surface area contributed by atoms with Gasteiger partial charge in [-0.3, -0.25) is 0 Å². The molecule has 1 aliphatic rings. The Morgan fingerprint density at radius 2 is 2.20 bits per heavy atom. The third-order valence-electron chi connectivity index (χ3n) is 4.58. The van der Waals surface area contributed by atoms with Crippen LogP contribution in [0.2, 0.25) is 0 Å². The average Bonchev–Trinajstić information content (AvgIpc) is 2.79. The Hall–Kier alpha value is -1.02. The van der Waals surface area contributed by atoms with Crippen LogP contribution in [0.3, 0.4) is 0 Å². The van der Waals surface area contributed by atoms with Crippen LogP contribution in [0.4, 0.5) is 0 Å². The molecule has 0 bridgehead atoms. The van der Waals surface area contributed by atoms with Gasteiger partial charge in [-0.25, -0.2) is 4.98 Å². The molecule has 0 N–H and O–H groups in total. The maximum Gasteiger partial charge on any atom is 0.111 e. The van der Waals surface area contributed by atoms with Crippen LogP contribution in [0, 0.1) is 12.8 Å². The second-order valence-electron chi connectivity index (χ2n) is 6.21. The summed E-state index contributed by atoms with van der Waals surface area (Å²) in [6.45, 7) is 4.57. The van der Waals surface area contributed by atoms with Crippen molar-refractivity contribution >= 4 is 22.6 Å². The fourth-order valence-corrected chi connectivity index (χ4v) is 3.83. The molecule has 1 aromatic heterocycles. The van der Waals surface area contributed by atoms with Gasteiger partial charge in [0.2, 0.25) is 0 Å². The van der Waals surface area contributed by atoms with Crippen LogP contribution in [-0.4, -0.2) is 15.4 Å². The fourth-order valence-electron chi connectivity index (χ4n) is 3.66. The third-order valence-corrected chi connectivity index (χ3v) is 4.77. The molecule has 108 valence electrons. The third kappa shape index (κ3) is 2.46. The average molecular weight is 291 g/mol. The Balaban J connectivity index is 2.12. The zero-order chi connectivity index (χ0) is 14.1. The molecule has 0 aliphatic heterocycles. The topological polar surface area (TPSA) is 17.8 Å². The van der Waals surface area contributed by atoms with Crippen molar-refractivity contribution in [2.75, 3.05) is 5.88 Å². The standard InChI is InChI=1S/C17H23ClN2/c1-12-5-3-7-14(11-12)20-16(9-10-18)19-15-8-4-6-13(2)17(15)20/h4,6,8,12,14H,3,5,7,9-11H2,1-2H3. The minimum absolute atomic E-state index is 0.600. The van der Waals surface area contributed by atoms with Gasteiger partial charge in [0.25, 0.3) is 0 Å². The molecule has 1 aliphatic carbocycles.